The molecular formula is C23H20N4O3S. The summed E-state index contributed by atoms with van der Waals surface area (Å²) in [5.74, 6) is -1.77. The van der Waals surface area contributed by atoms with Gasteiger partial charge < -0.3 is 5.11 Å². The molecule has 1 N–H and O–H groups in total. The predicted octanol–water partition coefficient (Wildman–Crippen LogP) is 3.62. The van der Waals surface area contributed by atoms with Crippen LogP contribution < -0.4 is 5.56 Å². The monoisotopic (exact) mass is 432 g/mol. The first-order valence-corrected chi connectivity index (χ1v) is 10.3. The van der Waals surface area contributed by atoms with Gasteiger partial charge in [-0.1, -0.05) is 47.7 Å². The highest BCUT2D eigenvalue weighted by molar-refractivity contribution is 7.80. The van der Waals surface area contributed by atoms with Gasteiger partial charge in [-0.05, 0) is 41.3 Å². The first-order chi connectivity index (χ1) is 15.0. The standard InChI is InChI=1S/C23H20N4O3S/c28-22-18-5-1-2-6-20(18)25-26-27(22)13-11-19(23(29)30)21(31)16-9-7-15(8-10-16)17-4-3-12-24-14-17/h1-10,12,14,19,21,31H,11,13H2,(H,29,30). The van der Waals surface area contributed by atoms with Crippen LogP contribution in [0.3, 0.4) is 0 Å². The van der Waals surface area contributed by atoms with Crippen LogP contribution in [0.5, 0.6) is 0 Å². The fraction of sp³-hybridized carbons (Fsp3) is 0.174. The van der Waals surface area contributed by atoms with Crippen molar-refractivity contribution >= 4 is 29.5 Å². The molecule has 0 aliphatic carbocycles. The molecule has 156 valence electrons. The minimum Gasteiger partial charge on any atom is -0.481 e. The van der Waals surface area contributed by atoms with E-state index in [4.69, 9.17) is 0 Å². The molecule has 8 heteroatoms. The molecular weight excluding hydrogens is 412 g/mol. The fourth-order valence-corrected chi connectivity index (χ4v) is 3.93. The van der Waals surface area contributed by atoms with Gasteiger partial charge in [-0.2, -0.15) is 12.6 Å². The van der Waals surface area contributed by atoms with Crippen molar-refractivity contribution in [2.45, 2.75) is 18.2 Å². The third kappa shape index (κ3) is 4.49. The van der Waals surface area contributed by atoms with Gasteiger partial charge >= 0.3 is 5.97 Å². The van der Waals surface area contributed by atoms with E-state index in [1.165, 1.54) is 4.68 Å². The Morgan fingerprint density at radius 3 is 2.52 bits per heavy atom. The molecule has 4 aromatic rings. The smallest absolute Gasteiger partial charge is 0.308 e. The average Bonchev–Trinajstić information content (AvgIpc) is 2.81. The summed E-state index contributed by atoms with van der Waals surface area (Å²) in [7, 11) is 0. The Hall–Kier alpha value is -3.52. The summed E-state index contributed by atoms with van der Waals surface area (Å²) in [6.45, 7) is 0.137. The van der Waals surface area contributed by atoms with E-state index in [1.807, 2.05) is 36.4 Å². The summed E-state index contributed by atoms with van der Waals surface area (Å²) in [6.07, 6.45) is 3.68. The summed E-state index contributed by atoms with van der Waals surface area (Å²) in [5.41, 5.74) is 2.99. The number of pyridine rings is 1. The van der Waals surface area contributed by atoms with Crippen LogP contribution in [-0.4, -0.2) is 31.1 Å². The summed E-state index contributed by atoms with van der Waals surface area (Å²) in [5, 5.41) is 17.7. The molecule has 0 aliphatic heterocycles. The maximum absolute atomic E-state index is 12.6. The summed E-state index contributed by atoms with van der Waals surface area (Å²) >= 11 is 4.59. The first-order valence-electron chi connectivity index (χ1n) is 9.78. The molecule has 31 heavy (non-hydrogen) atoms. The quantitative estimate of drug-likeness (QED) is 0.433. The van der Waals surface area contributed by atoms with Crippen LogP contribution in [-0.2, 0) is 11.3 Å². The summed E-state index contributed by atoms with van der Waals surface area (Å²) in [6, 6.07) is 18.4. The van der Waals surface area contributed by atoms with Crippen molar-refractivity contribution in [1.82, 2.24) is 20.0 Å². The number of aliphatic carboxylic acids is 1. The van der Waals surface area contributed by atoms with E-state index in [1.54, 1.807) is 36.7 Å². The van der Waals surface area contributed by atoms with Gasteiger partial charge in [0, 0.05) is 24.2 Å². The van der Waals surface area contributed by atoms with Gasteiger partial charge in [-0.3, -0.25) is 14.6 Å². The van der Waals surface area contributed by atoms with E-state index < -0.39 is 17.1 Å². The zero-order valence-corrected chi connectivity index (χ0v) is 17.4. The van der Waals surface area contributed by atoms with Crippen LogP contribution >= 0.6 is 12.6 Å². The Morgan fingerprint density at radius 2 is 1.81 bits per heavy atom. The number of hydrogen-bond acceptors (Lipinski definition) is 6. The van der Waals surface area contributed by atoms with Crippen molar-refractivity contribution in [3.8, 4) is 11.1 Å². The normalized spacial score (nSPS) is 13.1. The fourth-order valence-electron chi connectivity index (χ4n) is 3.49. The number of aromatic nitrogens is 4. The number of carboxylic acid groups (broad SMARTS) is 1. The molecule has 7 nitrogen and oxygen atoms in total. The van der Waals surface area contributed by atoms with E-state index in [0.717, 1.165) is 16.7 Å². The van der Waals surface area contributed by atoms with Gasteiger partial charge in [0.2, 0.25) is 0 Å². The van der Waals surface area contributed by atoms with E-state index in [2.05, 4.69) is 27.9 Å². The van der Waals surface area contributed by atoms with Crippen LogP contribution in [0.25, 0.3) is 22.0 Å². The SMILES string of the molecule is O=C(O)C(CCn1nnc2ccccc2c1=O)C(S)c1ccc(-c2cccnc2)cc1. The Morgan fingerprint density at radius 1 is 1.03 bits per heavy atom. The topological polar surface area (TPSA) is 98.0 Å². The molecule has 0 fully saturated rings. The number of benzene rings is 2. The molecule has 0 spiro atoms. The number of carbonyl (C=O) groups is 1. The van der Waals surface area contributed by atoms with Crippen molar-refractivity contribution in [3.05, 3.63) is 89.0 Å². The lowest BCUT2D eigenvalue weighted by Gasteiger charge is -2.20. The maximum Gasteiger partial charge on any atom is 0.308 e. The van der Waals surface area contributed by atoms with E-state index in [9.17, 15) is 14.7 Å². The molecule has 2 unspecified atom stereocenters. The number of carboxylic acids is 1. The Labute approximate surface area is 183 Å². The third-order valence-corrected chi connectivity index (χ3v) is 5.88. The molecule has 0 amide bonds. The number of thiol groups is 1. The molecule has 4 rings (SSSR count). The van der Waals surface area contributed by atoms with Gasteiger partial charge in [0.25, 0.3) is 5.56 Å². The number of aryl methyl sites for hydroxylation is 1. The van der Waals surface area contributed by atoms with Gasteiger partial charge in [-0.25, -0.2) is 4.68 Å². The van der Waals surface area contributed by atoms with Crippen molar-refractivity contribution in [3.63, 3.8) is 0 Å². The summed E-state index contributed by atoms with van der Waals surface area (Å²) < 4.78 is 1.21. The largest absolute Gasteiger partial charge is 0.481 e. The van der Waals surface area contributed by atoms with Crippen LogP contribution in [0.2, 0.25) is 0 Å². The highest BCUT2D eigenvalue weighted by atomic mass is 32.1. The van der Waals surface area contributed by atoms with E-state index >= 15 is 0 Å². The lowest BCUT2D eigenvalue weighted by Crippen LogP contribution is -2.28. The highest BCUT2D eigenvalue weighted by Crippen LogP contribution is 2.32. The van der Waals surface area contributed by atoms with E-state index in [-0.39, 0.29) is 18.5 Å². The molecule has 0 saturated heterocycles. The van der Waals surface area contributed by atoms with Gasteiger partial charge in [-0.15, -0.1) is 5.10 Å². The number of fused-ring (bicyclic) bond motifs is 1. The second-order valence-electron chi connectivity index (χ2n) is 7.18. The number of rotatable bonds is 7. The second-order valence-corrected chi connectivity index (χ2v) is 7.73. The zero-order valence-electron chi connectivity index (χ0n) is 16.5. The lowest BCUT2D eigenvalue weighted by molar-refractivity contribution is -0.142. The molecule has 2 atom stereocenters. The van der Waals surface area contributed by atoms with Gasteiger partial charge in [0.1, 0.15) is 5.52 Å². The molecule has 0 aliphatic rings. The van der Waals surface area contributed by atoms with Gasteiger partial charge in [0.15, 0.2) is 0 Å². The van der Waals surface area contributed by atoms with Crippen LogP contribution in [0.4, 0.5) is 0 Å². The molecule has 0 radical (unpaired) electrons. The van der Waals surface area contributed by atoms with Crippen molar-refractivity contribution in [2.24, 2.45) is 5.92 Å². The Kier molecular flexibility index (Phi) is 6.08. The van der Waals surface area contributed by atoms with Crippen LogP contribution in [0, 0.1) is 5.92 Å². The average molecular weight is 433 g/mol. The minimum atomic E-state index is -0.974. The van der Waals surface area contributed by atoms with Crippen molar-refractivity contribution in [1.29, 1.82) is 0 Å². The summed E-state index contributed by atoms with van der Waals surface area (Å²) in [4.78, 5) is 28.7. The minimum absolute atomic E-state index is 0.137. The maximum atomic E-state index is 12.6. The zero-order chi connectivity index (χ0) is 21.8. The van der Waals surface area contributed by atoms with Crippen LogP contribution in [0.1, 0.15) is 17.2 Å². The highest BCUT2D eigenvalue weighted by Gasteiger charge is 2.27. The molecule has 0 saturated carbocycles. The third-order valence-electron chi connectivity index (χ3n) is 5.23. The first kappa shape index (κ1) is 20.7. The number of nitrogens with zero attached hydrogens (tertiary/aromatic N) is 4. The van der Waals surface area contributed by atoms with E-state index in [0.29, 0.717) is 10.9 Å². The second kappa shape index (κ2) is 9.09. The Balaban J connectivity index is 1.52. The molecule has 2 aromatic heterocycles. The van der Waals surface area contributed by atoms with Crippen molar-refractivity contribution in [2.75, 3.05) is 0 Å². The number of hydrogen-bond donors (Lipinski definition) is 2. The Bertz CT molecular complexity index is 1260. The van der Waals surface area contributed by atoms with Crippen molar-refractivity contribution < 1.29 is 9.90 Å². The molecule has 2 aromatic carbocycles. The molecule has 0 bridgehead atoms. The van der Waals surface area contributed by atoms with Gasteiger partial charge in [0.05, 0.1) is 11.3 Å². The molecule has 2 heterocycles. The van der Waals surface area contributed by atoms with Crippen LogP contribution in [0.15, 0.2) is 77.9 Å². The lowest BCUT2D eigenvalue weighted by atomic mass is 9.94. The predicted molar refractivity (Wildman–Crippen MR) is 121 cm³/mol.